The first-order valence-corrected chi connectivity index (χ1v) is 9.15. The predicted molar refractivity (Wildman–Crippen MR) is 104 cm³/mol. The lowest BCUT2D eigenvalue weighted by molar-refractivity contribution is 0.137. The van der Waals surface area contributed by atoms with E-state index in [9.17, 15) is 0 Å². The molecule has 0 saturated heterocycles. The van der Waals surface area contributed by atoms with Crippen LogP contribution in [0.2, 0.25) is 0 Å². The number of rotatable bonds is 5. The van der Waals surface area contributed by atoms with Gasteiger partial charge >= 0.3 is 0 Å². The van der Waals surface area contributed by atoms with E-state index in [1.54, 1.807) is 25.7 Å². The van der Waals surface area contributed by atoms with Crippen molar-refractivity contribution in [3.63, 3.8) is 0 Å². The summed E-state index contributed by atoms with van der Waals surface area (Å²) in [7, 11) is 1.62. The molecular formula is C22H23N3O2. The summed E-state index contributed by atoms with van der Waals surface area (Å²) < 4.78 is 11.4. The summed E-state index contributed by atoms with van der Waals surface area (Å²) in [5.41, 5.74) is 4.25. The Hall–Kier alpha value is -2.95. The van der Waals surface area contributed by atoms with Gasteiger partial charge in [0.15, 0.2) is 5.82 Å². The standard InChI is InChI=1S/C22H23N3O2/c1-22(2)12-16-6-4-5-15(20(16)27-22)7-8-18-9-10-24-21(25-18)17-11-19(26-3)14-23-13-17/h4-6,9-11,13-14H,7-8,12H2,1-3H3. The largest absolute Gasteiger partial charge is 0.495 e. The SMILES string of the molecule is COc1cncc(-c2nccc(CCc3cccc4c3OC(C)(C)C4)n2)c1. The van der Waals surface area contributed by atoms with Gasteiger partial charge in [-0.25, -0.2) is 9.97 Å². The molecule has 0 spiro atoms. The van der Waals surface area contributed by atoms with E-state index >= 15 is 0 Å². The molecule has 1 aromatic carbocycles. The second-order valence-corrected chi connectivity index (χ2v) is 7.43. The van der Waals surface area contributed by atoms with E-state index in [0.29, 0.717) is 11.6 Å². The Bertz CT molecular complexity index is 969. The number of benzene rings is 1. The van der Waals surface area contributed by atoms with Crippen LogP contribution in [0.3, 0.4) is 0 Å². The zero-order chi connectivity index (χ0) is 18.9. The molecule has 5 nitrogen and oxygen atoms in total. The number of ether oxygens (including phenoxy) is 2. The molecule has 4 rings (SSSR count). The van der Waals surface area contributed by atoms with E-state index in [4.69, 9.17) is 14.5 Å². The second-order valence-electron chi connectivity index (χ2n) is 7.43. The van der Waals surface area contributed by atoms with E-state index in [-0.39, 0.29) is 5.60 Å². The molecule has 5 heteroatoms. The topological polar surface area (TPSA) is 57.1 Å². The number of aryl methyl sites for hydroxylation is 2. The zero-order valence-corrected chi connectivity index (χ0v) is 15.9. The third-order valence-corrected chi connectivity index (χ3v) is 4.74. The first-order chi connectivity index (χ1) is 13.0. The number of aromatic nitrogens is 3. The van der Waals surface area contributed by atoms with Crippen molar-refractivity contribution in [3.05, 3.63) is 65.7 Å². The summed E-state index contributed by atoms with van der Waals surface area (Å²) in [5, 5.41) is 0. The number of pyridine rings is 1. The summed E-state index contributed by atoms with van der Waals surface area (Å²) in [5.74, 6) is 2.41. The highest BCUT2D eigenvalue weighted by molar-refractivity contribution is 5.55. The number of hydrogen-bond donors (Lipinski definition) is 0. The Kier molecular flexibility index (Phi) is 4.52. The lowest BCUT2D eigenvalue weighted by atomic mass is 9.99. The van der Waals surface area contributed by atoms with Gasteiger partial charge in [-0.3, -0.25) is 4.98 Å². The molecule has 2 aromatic heterocycles. The molecular weight excluding hydrogens is 338 g/mol. The molecule has 0 fully saturated rings. The molecule has 0 aliphatic carbocycles. The quantitative estimate of drug-likeness (QED) is 0.686. The predicted octanol–water partition coefficient (Wildman–Crippen LogP) is 4.05. The molecule has 0 bridgehead atoms. The Morgan fingerprint density at radius 1 is 1.15 bits per heavy atom. The Morgan fingerprint density at radius 3 is 2.89 bits per heavy atom. The van der Waals surface area contributed by atoms with Crippen molar-refractivity contribution >= 4 is 0 Å². The highest BCUT2D eigenvalue weighted by atomic mass is 16.5. The van der Waals surface area contributed by atoms with Gasteiger partial charge in [0.05, 0.1) is 13.3 Å². The van der Waals surface area contributed by atoms with Gasteiger partial charge in [-0.05, 0) is 49.9 Å². The molecule has 3 heterocycles. The average Bonchev–Trinajstić information content (AvgIpc) is 3.01. The fourth-order valence-corrected chi connectivity index (χ4v) is 3.47. The monoisotopic (exact) mass is 361 g/mol. The third kappa shape index (κ3) is 3.77. The maximum absolute atomic E-state index is 6.18. The molecule has 1 aliphatic heterocycles. The maximum Gasteiger partial charge on any atom is 0.161 e. The van der Waals surface area contributed by atoms with Gasteiger partial charge in [-0.1, -0.05) is 18.2 Å². The van der Waals surface area contributed by atoms with Crippen LogP contribution in [0.4, 0.5) is 0 Å². The van der Waals surface area contributed by atoms with Crippen LogP contribution < -0.4 is 9.47 Å². The smallest absolute Gasteiger partial charge is 0.161 e. The average molecular weight is 361 g/mol. The van der Waals surface area contributed by atoms with Crippen LogP contribution in [0.5, 0.6) is 11.5 Å². The Morgan fingerprint density at radius 2 is 2.04 bits per heavy atom. The molecule has 0 unspecified atom stereocenters. The molecule has 0 saturated carbocycles. The fourth-order valence-electron chi connectivity index (χ4n) is 3.47. The van der Waals surface area contributed by atoms with E-state index < -0.39 is 0 Å². The second kappa shape index (κ2) is 6.99. The minimum atomic E-state index is -0.125. The third-order valence-electron chi connectivity index (χ3n) is 4.74. The normalized spacial score (nSPS) is 14.5. The minimum Gasteiger partial charge on any atom is -0.495 e. The highest BCUT2D eigenvalue weighted by Crippen LogP contribution is 2.38. The molecule has 27 heavy (non-hydrogen) atoms. The van der Waals surface area contributed by atoms with Crippen LogP contribution in [-0.4, -0.2) is 27.7 Å². The van der Waals surface area contributed by atoms with Gasteiger partial charge in [0.1, 0.15) is 17.1 Å². The number of fused-ring (bicyclic) bond motifs is 1. The van der Waals surface area contributed by atoms with Crippen LogP contribution in [0.15, 0.2) is 48.9 Å². The summed E-state index contributed by atoms with van der Waals surface area (Å²) in [6, 6.07) is 10.3. The van der Waals surface area contributed by atoms with Crippen molar-refractivity contribution in [1.29, 1.82) is 0 Å². The molecule has 3 aromatic rings. The van der Waals surface area contributed by atoms with E-state index in [1.165, 1.54) is 11.1 Å². The van der Waals surface area contributed by atoms with Gasteiger partial charge in [0.25, 0.3) is 0 Å². The van der Waals surface area contributed by atoms with Crippen molar-refractivity contribution in [2.45, 2.75) is 38.7 Å². The number of nitrogens with zero attached hydrogens (tertiary/aromatic N) is 3. The first-order valence-electron chi connectivity index (χ1n) is 9.15. The minimum absolute atomic E-state index is 0.125. The number of methoxy groups -OCH3 is 1. The molecule has 0 N–H and O–H groups in total. The Balaban J connectivity index is 1.53. The van der Waals surface area contributed by atoms with Crippen molar-refractivity contribution < 1.29 is 9.47 Å². The highest BCUT2D eigenvalue weighted by Gasteiger charge is 2.31. The molecule has 0 radical (unpaired) electrons. The van der Waals surface area contributed by atoms with Crippen LogP contribution in [0, 0.1) is 0 Å². The maximum atomic E-state index is 6.18. The Labute approximate surface area is 159 Å². The lowest BCUT2D eigenvalue weighted by Gasteiger charge is -2.18. The number of hydrogen-bond acceptors (Lipinski definition) is 5. The van der Waals surface area contributed by atoms with Crippen molar-refractivity contribution in [2.75, 3.05) is 7.11 Å². The lowest BCUT2D eigenvalue weighted by Crippen LogP contribution is -2.24. The summed E-state index contributed by atoms with van der Waals surface area (Å²) in [6.07, 6.45) is 7.88. The van der Waals surface area contributed by atoms with Crippen LogP contribution in [0.25, 0.3) is 11.4 Å². The van der Waals surface area contributed by atoms with E-state index in [0.717, 1.165) is 36.3 Å². The van der Waals surface area contributed by atoms with Crippen molar-refractivity contribution in [2.24, 2.45) is 0 Å². The van der Waals surface area contributed by atoms with Gasteiger partial charge in [-0.15, -0.1) is 0 Å². The van der Waals surface area contributed by atoms with Crippen molar-refractivity contribution in [1.82, 2.24) is 15.0 Å². The van der Waals surface area contributed by atoms with Gasteiger partial charge in [-0.2, -0.15) is 0 Å². The molecule has 0 amide bonds. The van der Waals surface area contributed by atoms with Gasteiger partial charge < -0.3 is 9.47 Å². The molecule has 1 aliphatic rings. The van der Waals surface area contributed by atoms with Crippen molar-refractivity contribution in [3.8, 4) is 22.9 Å². The van der Waals surface area contributed by atoms with Gasteiger partial charge in [0, 0.05) is 30.1 Å². The van der Waals surface area contributed by atoms with E-state index in [1.807, 2.05) is 12.1 Å². The van der Waals surface area contributed by atoms with Crippen LogP contribution in [0.1, 0.15) is 30.7 Å². The number of para-hydroxylation sites is 1. The summed E-state index contributed by atoms with van der Waals surface area (Å²) >= 11 is 0. The first kappa shape index (κ1) is 17.5. The molecule has 0 atom stereocenters. The zero-order valence-electron chi connectivity index (χ0n) is 15.9. The molecule has 138 valence electrons. The van der Waals surface area contributed by atoms with Crippen LogP contribution in [-0.2, 0) is 19.3 Å². The van der Waals surface area contributed by atoms with Crippen LogP contribution >= 0.6 is 0 Å². The fraction of sp³-hybridized carbons (Fsp3) is 0.318. The van der Waals surface area contributed by atoms with Gasteiger partial charge in [0.2, 0.25) is 0 Å². The summed E-state index contributed by atoms with van der Waals surface area (Å²) in [6.45, 7) is 4.27. The summed E-state index contributed by atoms with van der Waals surface area (Å²) in [4.78, 5) is 13.3. The van der Waals surface area contributed by atoms with E-state index in [2.05, 4.69) is 42.0 Å².